The number of ketones is 1. The molecule has 0 saturated carbocycles. The van der Waals surface area contributed by atoms with Gasteiger partial charge < -0.3 is 4.74 Å². The SMILES string of the molecule is CC(=O)C([S+]1CCOCC1)C(C)(C)C. The third kappa shape index (κ3) is 2.99. The molecule has 0 aliphatic carbocycles. The van der Waals surface area contributed by atoms with Gasteiger partial charge in [-0.1, -0.05) is 20.8 Å². The van der Waals surface area contributed by atoms with Crippen molar-refractivity contribution < 1.29 is 9.53 Å². The van der Waals surface area contributed by atoms with Gasteiger partial charge in [0.1, 0.15) is 11.5 Å². The zero-order valence-corrected chi connectivity index (χ0v) is 10.4. The Balaban J connectivity index is 2.71. The Bertz CT molecular complexity index is 202. The molecular weight excluding hydrogens is 196 g/mol. The second kappa shape index (κ2) is 4.67. The maximum atomic E-state index is 11.7. The van der Waals surface area contributed by atoms with Crippen molar-refractivity contribution in [3.63, 3.8) is 0 Å². The van der Waals surface area contributed by atoms with E-state index < -0.39 is 0 Å². The van der Waals surface area contributed by atoms with Gasteiger partial charge in [-0.25, -0.2) is 0 Å². The first-order valence-corrected chi connectivity index (χ1v) is 6.80. The minimum atomic E-state index is 0.103. The highest BCUT2D eigenvalue weighted by molar-refractivity contribution is 7.98. The summed E-state index contributed by atoms with van der Waals surface area (Å²) in [5.74, 6) is 2.49. The van der Waals surface area contributed by atoms with Crippen molar-refractivity contribution in [2.45, 2.75) is 32.9 Å². The van der Waals surface area contributed by atoms with Gasteiger partial charge >= 0.3 is 0 Å². The second-order valence-corrected chi connectivity index (χ2v) is 7.28. The maximum absolute atomic E-state index is 11.7. The minimum absolute atomic E-state index is 0.103. The fraction of sp³-hybridized carbons (Fsp3) is 0.909. The van der Waals surface area contributed by atoms with Crippen LogP contribution in [0, 0.1) is 5.41 Å². The molecule has 14 heavy (non-hydrogen) atoms. The lowest BCUT2D eigenvalue weighted by molar-refractivity contribution is -0.118. The molecule has 1 aliphatic rings. The monoisotopic (exact) mass is 217 g/mol. The number of hydrogen-bond acceptors (Lipinski definition) is 2. The summed E-state index contributed by atoms with van der Waals surface area (Å²) in [6.07, 6.45) is 0. The lowest BCUT2D eigenvalue weighted by Gasteiger charge is -2.30. The number of Topliss-reactive ketones (excluding diaryl/α,β-unsaturated/α-hetero) is 1. The van der Waals surface area contributed by atoms with Crippen LogP contribution in [0.2, 0.25) is 0 Å². The average Bonchev–Trinajstić information content (AvgIpc) is 2.02. The van der Waals surface area contributed by atoms with Crippen molar-refractivity contribution in [3.05, 3.63) is 0 Å². The quantitative estimate of drug-likeness (QED) is 0.657. The smallest absolute Gasteiger partial charge is 0.182 e. The standard InChI is InChI=1S/C11H21O2S/c1-9(12)10(11(2,3)4)14-7-5-13-6-8-14/h10H,5-8H2,1-4H3/q+1. The van der Waals surface area contributed by atoms with Crippen LogP contribution in [0.4, 0.5) is 0 Å². The Morgan fingerprint density at radius 1 is 1.29 bits per heavy atom. The molecule has 2 nitrogen and oxygen atoms in total. The predicted molar refractivity (Wildman–Crippen MR) is 61.8 cm³/mol. The highest BCUT2D eigenvalue weighted by Gasteiger charge is 2.44. The summed E-state index contributed by atoms with van der Waals surface area (Å²) in [6.45, 7) is 9.91. The van der Waals surface area contributed by atoms with Crippen LogP contribution in [-0.2, 0) is 20.4 Å². The molecule has 1 unspecified atom stereocenters. The normalized spacial score (nSPS) is 22.0. The Labute approximate surface area is 89.7 Å². The average molecular weight is 217 g/mol. The molecule has 0 N–H and O–H groups in total. The van der Waals surface area contributed by atoms with Gasteiger partial charge in [0, 0.05) is 16.3 Å². The van der Waals surface area contributed by atoms with Crippen LogP contribution in [0.5, 0.6) is 0 Å². The van der Waals surface area contributed by atoms with Crippen molar-refractivity contribution >= 4 is 16.7 Å². The Morgan fingerprint density at radius 3 is 2.14 bits per heavy atom. The maximum Gasteiger partial charge on any atom is 0.182 e. The summed E-state index contributed by atoms with van der Waals surface area (Å²) in [5.41, 5.74) is 0.103. The Morgan fingerprint density at radius 2 is 1.79 bits per heavy atom. The van der Waals surface area contributed by atoms with E-state index in [9.17, 15) is 4.79 Å². The first-order chi connectivity index (χ1) is 6.43. The minimum Gasteiger partial charge on any atom is -0.372 e. The molecule has 0 aromatic heterocycles. The van der Waals surface area contributed by atoms with Gasteiger partial charge in [0.05, 0.1) is 13.2 Å². The van der Waals surface area contributed by atoms with Crippen LogP contribution in [0.15, 0.2) is 0 Å². The Kier molecular flexibility index (Phi) is 4.02. The van der Waals surface area contributed by atoms with E-state index in [1.54, 1.807) is 6.92 Å². The van der Waals surface area contributed by atoms with Crippen LogP contribution in [0.25, 0.3) is 0 Å². The topological polar surface area (TPSA) is 26.3 Å². The predicted octanol–water partition coefficient (Wildman–Crippen LogP) is 1.64. The first kappa shape index (κ1) is 12.1. The molecule has 1 rings (SSSR count). The number of carbonyl (C=O) groups is 1. The summed E-state index contributed by atoms with van der Waals surface area (Å²) < 4.78 is 5.34. The zero-order valence-electron chi connectivity index (χ0n) is 9.63. The van der Waals surface area contributed by atoms with Gasteiger partial charge in [0.25, 0.3) is 0 Å². The van der Waals surface area contributed by atoms with Crippen LogP contribution >= 0.6 is 0 Å². The summed E-state index contributed by atoms with van der Waals surface area (Å²) in [7, 11) is 0.243. The third-order valence-electron chi connectivity index (χ3n) is 2.47. The molecule has 0 radical (unpaired) electrons. The zero-order chi connectivity index (χ0) is 10.8. The largest absolute Gasteiger partial charge is 0.372 e. The highest BCUT2D eigenvalue weighted by atomic mass is 32.2. The van der Waals surface area contributed by atoms with Crippen molar-refractivity contribution in [1.29, 1.82) is 0 Å². The van der Waals surface area contributed by atoms with E-state index in [-0.39, 0.29) is 21.6 Å². The highest BCUT2D eigenvalue weighted by Crippen LogP contribution is 2.29. The van der Waals surface area contributed by atoms with Crippen LogP contribution in [-0.4, -0.2) is 35.8 Å². The molecule has 1 atom stereocenters. The summed E-state index contributed by atoms with van der Waals surface area (Å²) in [6, 6.07) is 0. The van der Waals surface area contributed by atoms with E-state index in [1.165, 1.54) is 0 Å². The van der Waals surface area contributed by atoms with E-state index in [4.69, 9.17) is 4.74 Å². The van der Waals surface area contributed by atoms with Crippen molar-refractivity contribution in [1.82, 2.24) is 0 Å². The van der Waals surface area contributed by atoms with Crippen LogP contribution < -0.4 is 0 Å². The van der Waals surface area contributed by atoms with E-state index in [1.807, 2.05) is 0 Å². The number of carbonyl (C=O) groups excluding carboxylic acids is 1. The molecule has 82 valence electrons. The number of ether oxygens (including phenoxy) is 1. The van der Waals surface area contributed by atoms with Gasteiger partial charge in [-0.2, -0.15) is 0 Å². The molecule has 0 amide bonds. The van der Waals surface area contributed by atoms with Crippen molar-refractivity contribution in [2.75, 3.05) is 24.7 Å². The van der Waals surface area contributed by atoms with Gasteiger partial charge in [0.15, 0.2) is 11.0 Å². The van der Waals surface area contributed by atoms with Gasteiger partial charge in [-0.05, 0) is 6.92 Å². The molecule has 1 heterocycles. The molecular formula is C11H21O2S+. The fourth-order valence-corrected chi connectivity index (χ4v) is 4.93. The Hall–Kier alpha value is -0.0200. The van der Waals surface area contributed by atoms with Crippen LogP contribution in [0.1, 0.15) is 27.7 Å². The third-order valence-corrected chi connectivity index (χ3v) is 5.56. The summed E-state index contributed by atoms with van der Waals surface area (Å²) >= 11 is 0. The van der Waals surface area contributed by atoms with Gasteiger partial charge in [-0.15, -0.1) is 0 Å². The lowest BCUT2D eigenvalue weighted by Crippen LogP contribution is -2.46. The molecule has 0 spiro atoms. The molecule has 1 saturated heterocycles. The molecule has 0 bridgehead atoms. The summed E-state index contributed by atoms with van der Waals surface area (Å²) in [4.78, 5) is 11.7. The summed E-state index contributed by atoms with van der Waals surface area (Å²) in [5, 5.41) is 0.228. The van der Waals surface area contributed by atoms with Gasteiger partial charge in [0.2, 0.25) is 0 Å². The van der Waals surface area contributed by atoms with Crippen molar-refractivity contribution in [3.8, 4) is 0 Å². The molecule has 0 aromatic carbocycles. The fourth-order valence-electron chi connectivity index (χ4n) is 2.12. The number of rotatable bonds is 2. The van der Waals surface area contributed by atoms with Crippen molar-refractivity contribution in [2.24, 2.45) is 5.41 Å². The number of hydrogen-bond donors (Lipinski definition) is 0. The molecule has 3 heteroatoms. The van der Waals surface area contributed by atoms with Gasteiger partial charge in [-0.3, -0.25) is 4.79 Å². The van der Waals surface area contributed by atoms with E-state index in [2.05, 4.69) is 20.8 Å². The van der Waals surface area contributed by atoms with Crippen LogP contribution in [0.3, 0.4) is 0 Å². The molecule has 1 aliphatic heterocycles. The second-order valence-electron chi connectivity index (χ2n) is 4.91. The molecule has 1 fully saturated rings. The van der Waals surface area contributed by atoms with E-state index >= 15 is 0 Å². The molecule has 0 aromatic rings. The van der Waals surface area contributed by atoms with E-state index in [0.717, 1.165) is 24.7 Å². The van der Waals surface area contributed by atoms with E-state index in [0.29, 0.717) is 5.78 Å². The lowest BCUT2D eigenvalue weighted by atomic mass is 9.90. The first-order valence-electron chi connectivity index (χ1n) is 5.17.